The number of nitro groups is 1. The molecule has 2 rings (SSSR count). The van der Waals surface area contributed by atoms with Crippen LogP contribution in [0.2, 0.25) is 0 Å². The summed E-state index contributed by atoms with van der Waals surface area (Å²) in [6, 6.07) is 4.79. The molecular weight excluding hydrogens is 314 g/mol. The number of carbonyl (C=O) groups is 1. The molecular formula is C13H18ClN3O3S. The van der Waals surface area contributed by atoms with E-state index in [1.807, 2.05) is 0 Å². The third-order valence-corrected chi connectivity index (χ3v) is 4.23. The molecule has 1 heterocycles. The molecule has 1 saturated heterocycles. The fourth-order valence-corrected chi connectivity index (χ4v) is 2.80. The van der Waals surface area contributed by atoms with Gasteiger partial charge in [0.2, 0.25) is 0 Å². The molecule has 1 aliphatic heterocycles. The van der Waals surface area contributed by atoms with Crippen molar-refractivity contribution in [3.8, 4) is 0 Å². The molecule has 2 N–H and O–H groups in total. The predicted octanol–water partition coefficient (Wildman–Crippen LogP) is 2.30. The van der Waals surface area contributed by atoms with Gasteiger partial charge in [-0.2, -0.15) is 0 Å². The van der Waals surface area contributed by atoms with E-state index in [-0.39, 0.29) is 30.0 Å². The third-order valence-electron chi connectivity index (χ3n) is 3.45. The number of halogens is 1. The van der Waals surface area contributed by atoms with Crippen LogP contribution in [0.25, 0.3) is 0 Å². The number of likely N-dealkylation sites (tertiary alicyclic amines) is 1. The number of thioether (sulfide) groups is 1. The number of nitro benzene ring substituents is 1. The SMILES string of the molecule is CSc1ccc(C(=O)N2CCC(N)CC2)cc1[N+](=O)[O-].Cl. The van der Waals surface area contributed by atoms with Crippen molar-refractivity contribution in [2.75, 3.05) is 19.3 Å². The number of benzene rings is 1. The Morgan fingerprint density at radius 1 is 1.43 bits per heavy atom. The Morgan fingerprint density at radius 3 is 2.57 bits per heavy atom. The lowest BCUT2D eigenvalue weighted by Crippen LogP contribution is -2.42. The molecule has 0 radical (unpaired) electrons. The molecule has 0 unspecified atom stereocenters. The van der Waals surface area contributed by atoms with E-state index in [4.69, 9.17) is 5.73 Å². The van der Waals surface area contributed by atoms with Gasteiger partial charge in [0.15, 0.2) is 0 Å². The smallest absolute Gasteiger partial charge is 0.283 e. The van der Waals surface area contributed by atoms with Crippen molar-refractivity contribution >= 4 is 35.8 Å². The van der Waals surface area contributed by atoms with Crippen molar-refractivity contribution in [2.45, 2.75) is 23.8 Å². The highest BCUT2D eigenvalue weighted by molar-refractivity contribution is 7.98. The van der Waals surface area contributed by atoms with Crippen LogP contribution < -0.4 is 5.73 Å². The number of carbonyl (C=O) groups excluding carboxylic acids is 1. The third kappa shape index (κ3) is 4.09. The van der Waals surface area contributed by atoms with E-state index < -0.39 is 4.92 Å². The maximum atomic E-state index is 12.3. The van der Waals surface area contributed by atoms with Gasteiger partial charge in [-0.1, -0.05) is 0 Å². The first kappa shape index (κ1) is 17.7. The number of amides is 1. The van der Waals surface area contributed by atoms with Crippen LogP contribution in [-0.2, 0) is 0 Å². The Bertz CT molecular complexity index is 533. The van der Waals surface area contributed by atoms with Crippen molar-refractivity contribution in [3.05, 3.63) is 33.9 Å². The standard InChI is InChI=1S/C13H17N3O3S.ClH/c1-20-12-3-2-9(8-11(12)16(18)19)13(17)15-6-4-10(14)5-7-15;/h2-3,8,10H,4-7,14H2,1H3;1H. The largest absolute Gasteiger partial charge is 0.339 e. The molecule has 0 bridgehead atoms. The first-order valence-corrected chi connectivity index (χ1v) is 7.62. The molecule has 0 spiro atoms. The predicted molar refractivity (Wildman–Crippen MR) is 85.2 cm³/mol. The van der Waals surface area contributed by atoms with E-state index in [1.165, 1.54) is 17.8 Å². The fourth-order valence-electron chi connectivity index (χ4n) is 2.25. The van der Waals surface area contributed by atoms with E-state index in [2.05, 4.69) is 0 Å². The van der Waals surface area contributed by atoms with E-state index in [0.717, 1.165) is 12.8 Å². The summed E-state index contributed by atoms with van der Waals surface area (Å²) in [5.41, 5.74) is 6.16. The van der Waals surface area contributed by atoms with Crippen LogP contribution in [0.1, 0.15) is 23.2 Å². The minimum Gasteiger partial charge on any atom is -0.339 e. The van der Waals surface area contributed by atoms with Crippen LogP contribution in [0, 0.1) is 10.1 Å². The second-order valence-corrected chi connectivity index (χ2v) is 5.62. The van der Waals surface area contributed by atoms with Crippen molar-refractivity contribution in [1.82, 2.24) is 4.90 Å². The summed E-state index contributed by atoms with van der Waals surface area (Å²) < 4.78 is 0. The Morgan fingerprint density at radius 2 is 2.05 bits per heavy atom. The Kier molecular flexibility index (Phi) is 6.44. The highest BCUT2D eigenvalue weighted by Crippen LogP contribution is 2.29. The number of nitrogens with two attached hydrogens (primary N) is 1. The molecule has 1 aliphatic rings. The van der Waals surface area contributed by atoms with Gasteiger partial charge < -0.3 is 10.6 Å². The maximum Gasteiger partial charge on any atom is 0.283 e. The van der Waals surface area contributed by atoms with Gasteiger partial charge in [0.1, 0.15) is 0 Å². The number of piperidine rings is 1. The highest BCUT2D eigenvalue weighted by Gasteiger charge is 2.24. The molecule has 1 amide bonds. The zero-order valence-electron chi connectivity index (χ0n) is 11.7. The minimum absolute atomic E-state index is 0. The minimum atomic E-state index is -0.450. The number of rotatable bonds is 3. The lowest BCUT2D eigenvalue weighted by Gasteiger charge is -2.30. The van der Waals surface area contributed by atoms with Crippen molar-refractivity contribution in [3.63, 3.8) is 0 Å². The second kappa shape index (κ2) is 7.63. The van der Waals surface area contributed by atoms with Crippen LogP contribution in [0.3, 0.4) is 0 Å². The summed E-state index contributed by atoms with van der Waals surface area (Å²) in [7, 11) is 0. The first-order chi connectivity index (χ1) is 9.52. The molecule has 0 atom stereocenters. The van der Waals surface area contributed by atoms with Crippen LogP contribution in [0.5, 0.6) is 0 Å². The molecule has 0 saturated carbocycles. The number of hydrogen-bond donors (Lipinski definition) is 1. The van der Waals surface area contributed by atoms with Crippen LogP contribution in [0.4, 0.5) is 5.69 Å². The molecule has 0 aliphatic carbocycles. The van der Waals surface area contributed by atoms with Gasteiger partial charge in [0, 0.05) is 30.8 Å². The molecule has 0 aromatic heterocycles. The van der Waals surface area contributed by atoms with Crippen molar-refractivity contribution in [1.29, 1.82) is 0 Å². The quantitative estimate of drug-likeness (QED) is 0.521. The van der Waals surface area contributed by atoms with Crippen LogP contribution >= 0.6 is 24.2 Å². The molecule has 1 aromatic rings. The van der Waals surface area contributed by atoms with Crippen molar-refractivity contribution in [2.24, 2.45) is 5.73 Å². The maximum absolute atomic E-state index is 12.3. The van der Waals surface area contributed by atoms with Gasteiger partial charge in [0.25, 0.3) is 11.6 Å². The van der Waals surface area contributed by atoms with Crippen LogP contribution in [0.15, 0.2) is 23.1 Å². The average Bonchev–Trinajstić information content (AvgIpc) is 2.46. The summed E-state index contributed by atoms with van der Waals surface area (Å²) >= 11 is 1.30. The van der Waals surface area contributed by atoms with Gasteiger partial charge in [-0.3, -0.25) is 14.9 Å². The Hall–Kier alpha value is -1.31. The summed E-state index contributed by atoms with van der Waals surface area (Å²) in [4.78, 5) is 25.2. The summed E-state index contributed by atoms with van der Waals surface area (Å²) in [5, 5.41) is 11.0. The zero-order chi connectivity index (χ0) is 14.7. The summed E-state index contributed by atoms with van der Waals surface area (Å²) in [5.74, 6) is -0.160. The Balaban J connectivity index is 0.00000220. The lowest BCUT2D eigenvalue weighted by atomic mass is 10.0. The fraction of sp³-hybridized carbons (Fsp3) is 0.462. The van der Waals surface area contributed by atoms with Gasteiger partial charge in [-0.05, 0) is 31.2 Å². The van der Waals surface area contributed by atoms with Crippen molar-refractivity contribution < 1.29 is 9.72 Å². The normalized spacial score (nSPS) is 15.4. The highest BCUT2D eigenvalue weighted by atomic mass is 35.5. The van der Waals surface area contributed by atoms with Gasteiger partial charge in [0.05, 0.1) is 9.82 Å². The van der Waals surface area contributed by atoms with Gasteiger partial charge in [-0.15, -0.1) is 24.2 Å². The second-order valence-electron chi connectivity index (χ2n) is 4.77. The zero-order valence-corrected chi connectivity index (χ0v) is 13.3. The molecule has 116 valence electrons. The summed E-state index contributed by atoms with van der Waals surface area (Å²) in [6.45, 7) is 1.22. The number of hydrogen-bond acceptors (Lipinski definition) is 5. The first-order valence-electron chi connectivity index (χ1n) is 6.40. The van der Waals surface area contributed by atoms with E-state index in [1.54, 1.807) is 23.3 Å². The summed E-state index contributed by atoms with van der Waals surface area (Å²) in [6.07, 6.45) is 3.32. The Labute approximate surface area is 133 Å². The molecule has 8 heteroatoms. The van der Waals surface area contributed by atoms with E-state index >= 15 is 0 Å². The molecule has 1 aromatic carbocycles. The number of nitrogens with zero attached hydrogens (tertiary/aromatic N) is 2. The lowest BCUT2D eigenvalue weighted by molar-refractivity contribution is -0.387. The van der Waals surface area contributed by atoms with E-state index in [9.17, 15) is 14.9 Å². The molecule has 21 heavy (non-hydrogen) atoms. The monoisotopic (exact) mass is 331 g/mol. The average molecular weight is 332 g/mol. The van der Waals surface area contributed by atoms with Gasteiger partial charge in [-0.25, -0.2) is 0 Å². The van der Waals surface area contributed by atoms with Gasteiger partial charge >= 0.3 is 0 Å². The molecule has 1 fully saturated rings. The van der Waals surface area contributed by atoms with Crippen LogP contribution in [-0.4, -0.2) is 41.1 Å². The van der Waals surface area contributed by atoms with E-state index in [0.29, 0.717) is 23.5 Å². The topological polar surface area (TPSA) is 89.5 Å². The molecule has 6 nitrogen and oxygen atoms in total.